The topological polar surface area (TPSA) is 95.3 Å². The van der Waals surface area contributed by atoms with E-state index in [1.807, 2.05) is 6.07 Å². The van der Waals surface area contributed by atoms with E-state index in [-0.39, 0.29) is 11.4 Å². The van der Waals surface area contributed by atoms with E-state index < -0.39 is 10.0 Å². The van der Waals surface area contributed by atoms with Crippen LogP contribution in [0.5, 0.6) is 11.5 Å². The zero-order valence-electron chi connectivity index (χ0n) is 14.1. The number of ether oxygens (including phenoxy) is 2. The number of nitrogens with one attached hydrogen (secondary N) is 1. The lowest BCUT2D eigenvalue weighted by Crippen LogP contribution is -2.24. The number of sulfonamides is 1. The first-order chi connectivity index (χ1) is 12.0. The number of hydrogen-bond donors (Lipinski definition) is 1. The van der Waals surface area contributed by atoms with Gasteiger partial charge in [0.05, 0.1) is 25.7 Å². The SMILES string of the molecule is COc1ccc(S(=O)(=O)NCc2nc3cccnc3n2C)cc1OC. The van der Waals surface area contributed by atoms with Crippen LogP contribution in [0.1, 0.15) is 5.82 Å². The van der Waals surface area contributed by atoms with E-state index in [4.69, 9.17) is 9.47 Å². The second-order valence-electron chi connectivity index (χ2n) is 5.27. The molecule has 25 heavy (non-hydrogen) atoms. The van der Waals surface area contributed by atoms with Crippen molar-refractivity contribution in [3.63, 3.8) is 0 Å². The molecule has 0 spiro atoms. The minimum Gasteiger partial charge on any atom is -0.493 e. The zero-order valence-corrected chi connectivity index (χ0v) is 14.9. The van der Waals surface area contributed by atoms with Gasteiger partial charge in [0, 0.05) is 19.3 Å². The van der Waals surface area contributed by atoms with Crippen molar-refractivity contribution >= 4 is 21.2 Å². The number of benzene rings is 1. The molecule has 3 aromatic rings. The Morgan fingerprint density at radius 2 is 1.92 bits per heavy atom. The molecule has 132 valence electrons. The highest BCUT2D eigenvalue weighted by atomic mass is 32.2. The van der Waals surface area contributed by atoms with Gasteiger partial charge in [-0.1, -0.05) is 0 Å². The quantitative estimate of drug-likeness (QED) is 0.713. The normalized spacial score (nSPS) is 11.6. The summed E-state index contributed by atoms with van der Waals surface area (Å²) in [6, 6.07) is 8.03. The lowest BCUT2D eigenvalue weighted by molar-refractivity contribution is 0.354. The number of hydrogen-bond acceptors (Lipinski definition) is 6. The van der Waals surface area contributed by atoms with Gasteiger partial charge >= 0.3 is 0 Å². The predicted molar refractivity (Wildman–Crippen MR) is 92.1 cm³/mol. The smallest absolute Gasteiger partial charge is 0.241 e. The number of fused-ring (bicyclic) bond motifs is 1. The zero-order chi connectivity index (χ0) is 18.0. The number of aryl methyl sites for hydroxylation is 1. The van der Waals surface area contributed by atoms with Gasteiger partial charge in [0.1, 0.15) is 11.3 Å². The van der Waals surface area contributed by atoms with Crippen LogP contribution >= 0.6 is 0 Å². The van der Waals surface area contributed by atoms with Crippen LogP contribution in [0.25, 0.3) is 11.2 Å². The van der Waals surface area contributed by atoms with Gasteiger partial charge in [0.25, 0.3) is 0 Å². The third-order valence-electron chi connectivity index (χ3n) is 3.81. The monoisotopic (exact) mass is 362 g/mol. The number of pyridine rings is 1. The molecular formula is C16H18N4O4S. The van der Waals surface area contributed by atoms with E-state index in [0.717, 1.165) is 0 Å². The van der Waals surface area contributed by atoms with E-state index >= 15 is 0 Å². The van der Waals surface area contributed by atoms with Crippen molar-refractivity contribution < 1.29 is 17.9 Å². The molecule has 0 fully saturated rings. The van der Waals surface area contributed by atoms with Crippen LogP contribution in [0.2, 0.25) is 0 Å². The van der Waals surface area contributed by atoms with Crippen LogP contribution in [0.3, 0.4) is 0 Å². The van der Waals surface area contributed by atoms with Gasteiger partial charge < -0.3 is 14.0 Å². The Bertz CT molecular complexity index is 1010. The van der Waals surface area contributed by atoms with Crippen molar-refractivity contribution in [2.45, 2.75) is 11.4 Å². The third kappa shape index (κ3) is 3.28. The molecule has 0 aliphatic heterocycles. The maximum Gasteiger partial charge on any atom is 0.241 e. The minimum atomic E-state index is -3.73. The van der Waals surface area contributed by atoms with E-state index in [1.165, 1.54) is 26.4 Å². The molecule has 0 bridgehead atoms. The summed E-state index contributed by atoms with van der Waals surface area (Å²) in [5, 5.41) is 0. The van der Waals surface area contributed by atoms with Gasteiger partial charge in [-0.3, -0.25) is 0 Å². The largest absolute Gasteiger partial charge is 0.493 e. The molecule has 0 amide bonds. The van der Waals surface area contributed by atoms with E-state index in [2.05, 4.69) is 14.7 Å². The molecule has 3 rings (SSSR count). The Morgan fingerprint density at radius 1 is 1.16 bits per heavy atom. The molecule has 0 aliphatic rings. The molecule has 2 aromatic heterocycles. The van der Waals surface area contributed by atoms with Gasteiger partial charge in [-0.2, -0.15) is 0 Å². The van der Waals surface area contributed by atoms with Crippen LogP contribution in [-0.2, 0) is 23.6 Å². The maximum absolute atomic E-state index is 12.5. The van der Waals surface area contributed by atoms with Crippen LogP contribution in [-0.4, -0.2) is 37.2 Å². The molecule has 0 saturated carbocycles. The second-order valence-corrected chi connectivity index (χ2v) is 7.04. The van der Waals surface area contributed by atoms with Crippen LogP contribution in [0.15, 0.2) is 41.4 Å². The number of nitrogens with zero attached hydrogens (tertiary/aromatic N) is 3. The van der Waals surface area contributed by atoms with Crippen LogP contribution in [0, 0.1) is 0 Å². The molecule has 0 radical (unpaired) electrons. The van der Waals surface area contributed by atoms with Gasteiger partial charge in [-0.05, 0) is 24.3 Å². The first-order valence-electron chi connectivity index (χ1n) is 7.44. The molecule has 0 saturated heterocycles. The first-order valence-corrected chi connectivity index (χ1v) is 8.92. The van der Waals surface area contributed by atoms with Gasteiger partial charge in [0.2, 0.25) is 10.0 Å². The van der Waals surface area contributed by atoms with Crippen LogP contribution < -0.4 is 14.2 Å². The fraction of sp³-hybridized carbons (Fsp3) is 0.250. The molecule has 9 heteroatoms. The number of rotatable bonds is 6. The second kappa shape index (κ2) is 6.69. The summed E-state index contributed by atoms with van der Waals surface area (Å²) in [7, 11) is 1.01. The molecule has 0 atom stereocenters. The highest BCUT2D eigenvalue weighted by Crippen LogP contribution is 2.29. The summed E-state index contributed by atoms with van der Waals surface area (Å²) < 4.78 is 39.7. The van der Waals surface area contributed by atoms with E-state index in [0.29, 0.717) is 28.5 Å². The van der Waals surface area contributed by atoms with Crippen molar-refractivity contribution in [2.75, 3.05) is 14.2 Å². The molecular weight excluding hydrogens is 344 g/mol. The molecule has 1 aromatic carbocycles. The molecule has 0 aliphatic carbocycles. The van der Waals surface area contributed by atoms with Crippen molar-refractivity contribution in [1.29, 1.82) is 0 Å². The van der Waals surface area contributed by atoms with Gasteiger partial charge in [0.15, 0.2) is 17.1 Å². The Balaban J connectivity index is 1.85. The Kier molecular flexibility index (Phi) is 4.60. The summed E-state index contributed by atoms with van der Waals surface area (Å²) >= 11 is 0. The summed E-state index contributed by atoms with van der Waals surface area (Å²) in [6.07, 6.45) is 1.67. The molecule has 1 N–H and O–H groups in total. The highest BCUT2D eigenvalue weighted by molar-refractivity contribution is 7.89. The Hall–Kier alpha value is -2.65. The molecule has 8 nitrogen and oxygen atoms in total. The van der Waals surface area contributed by atoms with E-state index in [1.54, 1.807) is 29.9 Å². The Morgan fingerprint density at radius 3 is 2.60 bits per heavy atom. The predicted octanol–water partition coefficient (Wildman–Crippen LogP) is 1.46. The van der Waals surface area contributed by atoms with Crippen molar-refractivity contribution in [3.05, 3.63) is 42.4 Å². The number of methoxy groups -OCH3 is 2. The number of aromatic nitrogens is 3. The summed E-state index contributed by atoms with van der Waals surface area (Å²) in [5.41, 5.74) is 1.41. The molecule has 2 heterocycles. The van der Waals surface area contributed by atoms with Crippen molar-refractivity contribution in [3.8, 4) is 11.5 Å². The van der Waals surface area contributed by atoms with Crippen molar-refractivity contribution in [1.82, 2.24) is 19.3 Å². The average molecular weight is 362 g/mol. The summed E-state index contributed by atoms with van der Waals surface area (Å²) in [6.45, 7) is 0.0452. The fourth-order valence-electron chi connectivity index (χ4n) is 2.46. The average Bonchev–Trinajstić information content (AvgIpc) is 2.95. The first kappa shape index (κ1) is 17.2. The summed E-state index contributed by atoms with van der Waals surface area (Å²) in [5.74, 6) is 1.37. The van der Waals surface area contributed by atoms with E-state index in [9.17, 15) is 8.42 Å². The maximum atomic E-state index is 12.5. The highest BCUT2D eigenvalue weighted by Gasteiger charge is 2.18. The van der Waals surface area contributed by atoms with Gasteiger partial charge in [-0.25, -0.2) is 23.1 Å². The summed E-state index contributed by atoms with van der Waals surface area (Å²) in [4.78, 5) is 8.72. The number of imidazole rings is 1. The lowest BCUT2D eigenvalue weighted by Gasteiger charge is -2.11. The Labute approximate surface area is 145 Å². The lowest BCUT2D eigenvalue weighted by atomic mass is 10.3. The van der Waals surface area contributed by atoms with Gasteiger partial charge in [-0.15, -0.1) is 0 Å². The fourth-order valence-corrected chi connectivity index (χ4v) is 3.45. The standard InChI is InChI=1S/C16H18N4O4S/c1-20-15(19-12-5-4-8-17-16(12)20)10-18-25(21,22)11-6-7-13(23-2)14(9-11)24-3/h4-9,18H,10H2,1-3H3. The molecule has 0 unspecified atom stereocenters. The minimum absolute atomic E-state index is 0.0452. The van der Waals surface area contributed by atoms with Crippen molar-refractivity contribution in [2.24, 2.45) is 7.05 Å². The van der Waals surface area contributed by atoms with Crippen LogP contribution in [0.4, 0.5) is 0 Å². The third-order valence-corrected chi connectivity index (χ3v) is 5.20.